The van der Waals surface area contributed by atoms with E-state index < -0.39 is 0 Å². The number of allylic oxidation sites excluding steroid dienone is 1. The van der Waals surface area contributed by atoms with E-state index >= 15 is 0 Å². The second kappa shape index (κ2) is 3.81. The molecule has 0 unspecified atom stereocenters. The Morgan fingerprint density at radius 1 is 1.28 bits per heavy atom. The molecular weight excluding hydrogens is 220 g/mol. The van der Waals surface area contributed by atoms with Crippen LogP contribution in [0, 0.1) is 16.7 Å². The zero-order valence-corrected chi connectivity index (χ0v) is 10.8. The fraction of sp³-hybridized carbons (Fsp3) is 0.375. The van der Waals surface area contributed by atoms with Crippen LogP contribution in [0.25, 0.3) is 0 Å². The van der Waals surface area contributed by atoms with E-state index in [9.17, 15) is 0 Å². The number of nitriles is 1. The van der Waals surface area contributed by atoms with Crippen LogP contribution in [0.4, 0.5) is 0 Å². The molecule has 2 nitrogen and oxygen atoms in total. The third-order valence-corrected chi connectivity index (χ3v) is 4.18. The topological polar surface area (TPSA) is 36.1 Å². The quantitative estimate of drug-likeness (QED) is 0.735. The summed E-state index contributed by atoms with van der Waals surface area (Å²) in [7, 11) is 0. The maximum absolute atomic E-state index is 8.85. The van der Waals surface area contributed by atoms with Gasteiger partial charge in [-0.2, -0.15) is 5.26 Å². The van der Waals surface area contributed by atoms with Gasteiger partial charge in [0.2, 0.25) is 0 Å². The molecule has 0 aromatic heterocycles. The van der Waals surface area contributed by atoms with E-state index in [1.54, 1.807) is 0 Å². The van der Waals surface area contributed by atoms with Gasteiger partial charge < -0.3 is 0 Å². The van der Waals surface area contributed by atoms with E-state index in [2.05, 4.69) is 37.0 Å². The van der Waals surface area contributed by atoms with Gasteiger partial charge in [-0.3, -0.25) is 4.99 Å². The van der Waals surface area contributed by atoms with Gasteiger partial charge in [0.15, 0.2) is 0 Å². The van der Waals surface area contributed by atoms with Crippen molar-refractivity contribution >= 4 is 6.21 Å². The van der Waals surface area contributed by atoms with Crippen molar-refractivity contribution in [2.24, 2.45) is 10.4 Å². The van der Waals surface area contributed by atoms with Crippen LogP contribution in [0.1, 0.15) is 37.3 Å². The molecule has 0 radical (unpaired) electrons. The molecule has 1 aromatic rings. The van der Waals surface area contributed by atoms with Crippen molar-refractivity contribution in [2.45, 2.75) is 26.2 Å². The van der Waals surface area contributed by atoms with E-state index in [0.29, 0.717) is 5.92 Å². The van der Waals surface area contributed by atoms with Crippen molar-refractivity contribution in [2.75, 3.05) is 6.54 Å². The molecule has 1 aliphatic heterocycles. The van der Waals surface area contributed by atoms with Gasteiger partial charge in [-0.1, -0.05) is 26.0 Å². The van der Waals surface area contributed by atoms with Crippen LogP contribution in [0.3, 0.4) is 0 Å². The summed E-state index contributed by atoms with van der Waals surface area (Å²) in [5.41, 5.74) is 5.19. The largest absolute Gasteiger partial charge is 0.288 e. The predicted octanol–water partition coefficient (Wildman–Crippen LogP) is 3.45. The fourth-order valence-corrected chi connectivity index (χ4v) is 3.14. The van der Waals surface area contributed by atoms with Crippen LogP contribution in [-0.2, 0) is 0 Å². The lowest BCUT2D eigenvalue weighted by Crippen LogP contribution is -2.12. The Bertz CT molecular complexity index is 583. The third-order valence-electron chi connectivity index (χ3n) is 4.18. The van der Waals surface area contributed by atoms with Crippen molar-refractivity contribution in [3.05, 3.63) is 46.5 Å². The number of hydrogen-bond acceptors (Lipinski definition) is 2. The molecule has 1 heterocycles. The summed E-state index contributed by atoms with van der Waals surface area (Å²) in [6, 6.07) is 10.2. The average molecular weight is 236 g/mol. The van der Waals surface area contributed by atoms with Gasteiger partial charge in [0.05, 0.1) is 18.2 Å². The Hall–Kier alpha value is -1.88. The maximum Gasteiger partial charge on any atom is 0.0991 e. The first-order chi connectivity index (χ1) is 8.62. The molecule has 0 spiro atoms. The minimum absolute atomic E-state index is 0.254. The molecule has 1 aromatic carbocycles. The zero-order valence-electron chi connectivity index (χ0n) is 10.8. The van der Waals surface area contributed by atoms with Crippen molar-refractivity contribution in [3.63, 3.8) is 0 Å². The van der Waals surface area contributed by atoms with Gasteiger partial charge >= 0.3 is 0 Å². The van der Waals surface area contributed by atoms with Crippen molar-refractivity contribution in [1.29, 1.82) is 5.26 Å². The molecule has 0 N–H and O–H groups in total. The van der Waals surface area contributed by atoms with Crippen LogP contribution in [0.15, 0.2) is 40.4 Å². The van der Waals surface area contributed by atoms with Gasteiger partial charge in [-0.15, -0.1) is 0 Å². The van der Waals surface area contributed by atoms with E-state index in [1.807, 2.05) is 18.3 Å². The van der Waals surface area contributed by atoms with Crippen LogP contribution in [-0.4, -0.2) is 12.8 Å². The molecule has 0 saturated carbocycles. The second-order valence-corrected chi connectivity index (χ2v) is 5.78. The van der Waals surface area contributed by atoms with Crippen LogP contribution in [0.2, 0.25) is 0 Å². The molecule has 0 amide bonds. The summed E-state index contributed by atoms with van der Waals surface area (Å²) in [5, 5.41) is 8.85. The molecule has 1 atom stereocenters. The van der Waals surface area contributed by atoms with E-state index in [0.717, 1.165) is 18.5 Å². The Balaban J connectivity index is 1.99. The average Bonchev–Trinajstić information content (AvgIpc) is 2.93. The number of hydrogen-bond donors (Lipinski definition) is 0. The summed E-state index contributed by atoms with van der Waals surface area (Å²) in [6.45, 7) is 5.48. The Morgan fingerprint density at radius 2 is 2.00 bits per heavy atom. The first-order valence-corrected chi connectivity index (χ1v) is 6.35. The predicted molar refractivity (Wildman–Crippen MR) is 72.7 cm³/mol. The Kier molecular flexibility index (Phi) is 2.38. The summed E-state index contributed by atoms with van der Waals surface area (Å²) in [5.74, 6) is 0.453. The second-order valence-electron chi connectivity index (χ2n) is 5.78. The smallest absolute Gasteiger partial charge is 0.0991 e. The van der Waals surface area contributed by atoms with Gasteiger partial charge in [-0.05, 0) is 40.7 Å². The fourth-order valence-electron chi connectivity index (χ4n) is 3.14. The van der Waals surface area contributed by atoms with Crippen LogP contribution >= 0.6 is 0 Å². The summed E-state index contributed by atoms with van der Waals surface area (Å²) in [6.07, 6.45) is 3.20. The lowest BCUT2D eigenvalue weighted by molar-refractivity contribution is 0.419. The molecule has 0 fully saturated rings. The van der Waals surface area contributed by atoms with Crippen molar-refractivity contribution < 1.29 is 0 Å². The van der Waals surface area contributed by atoms with Crippen molar-refractivity contribution in [3.8, 4) is 6.07 Å². The van der Waals surface area contributed by atoms with Gasteiger partial charge in [0.1, 0.15) is 0 Å². The van der Waals surface area contributed by atoms with E-state index in [-0.39, 0.29) is 5.41 Å². The molecule has 2 heteroatoms. The first-order valence-electron chi connectivity index (χ1n) is 6.35. The highest BCUT2D eigenvalue weighted by molar-refractivity contribution is 5.86. The van der Waals surface area contributed by atoms with Crippen LogP contribution in [0.5, 0.6) is 0 Å². The summed E-state index contributed by atoms with van der Waals surface area (Å²) >= 11 is 0. The Labute approximate surface area is 108 Å². The number of benzene rings is 1. The van der Waals surface area contributed by atoms with E-state index in [4.69, 9.17) is 5.26 Å². The van der Waals surface area contributed by atoms with Gasteiger partial charge in [0, 0.05) is 12.1 Å². The molecular formula is C16H16N2. The minimum Gasteiger partial charge on any atom is -0.288 e. The number of aliphatic imine (C=N–C) groups is 1. The molecule has 90 valence electrons. The lowest BCUT2D eigenvalue weighted by Gasteiger charge is -2.22. The highest BCUT2D eigenvalue weighted by Gasteiger charge is 2.40. The lowest BCUT2D eigenvalue weighted by atomic mass is 9.83. The molecule has 3 rings (SSSR count). The highest BCUT2D eigenvalue weighted by Crippen LogP contribution is 2.51. The molecule has 18 heavy (non-hydrogen) atoms. The van der Waals surface area contributed by atoms with Gasteiger partial charge in [0.25, 0.3) is 0 Å². The molecule has 0 bridgehead atoms. The SMILES string of the molecule is CC1(C)C[C@H](c2ccc(C#N)cc2)C2=C1CN=C2. The monoisotopic (exact) mass is 236 g/mol. The summed E-state index contributed by atoms with van der Waals surface area (Å²) < 4.78 is 0. The van der Waals surface area contributed by atoms with Gasteiger partial charge in [-0.25, -0.2) is 0 Å². The first kappa shape index (κ1) is 11.2. The highest BCUT2D eigenvalue weighted by atomic mass is 14.8. The standard InChI is InChI=1S/C16H16N2/c1-16(2)7-13(14-9-18-10-15(14)16)12-5-3-11(8-17)4-6-12/h3-6,9,13H,7,10H2,1-2H3/t13-/m1/s1. The maximum atomic E-state index is 8.85. The zero-order chi connectivity index (χ0) is 12.8. The number of rotatable bonds is 1. The van der Waals surface area contributed by atoms with Crippen LogP contribution < -0.4 is 0 Å². The normalized spacial score (nSPS) is 24.2. The molecule has 1 aliphatic carbocycles. The van der Waals surface area contributed by atoms with E-state index in [1.165, 1.54) is 16.7 Å². The molecule has 0 saturated heterocycles. The summed E-state index contributed by atoms with van der Waals surface area (Å²) in [4.78, 5) is 4.42. The Morgan fingerprint density at radius 3 is 2.67 bits per heavy atom. The van der Waals surface area contributed by atoms with Crippen molar-refractivity contribution in [1.82, 2.24) is 0 Å². The number of nitrogens with zero attached hydrogens (tertiary/aromatic N) is 2. The third kappa shape index (κ3) is 1.59. The molecule has 2 aliphatic rings. The minimum atomic E-state index is 0.254.